The van der Waals surface area contributed by atoms with Crippen molar-refractivity contribution in [1.29, 1.82) is 0 Å². The van der Waals surface area contributed by atoms with Gasteiger partial charge < -0.3 is 0 Å². The highest BCUT2D eigenvalue weighted by atomic mass is 19.4. The van der Waals surface area contributed by atoms with Crippen LogP contribution in [-0.2, 0) is 17.5 Å². The molecule has 1 aliphatic rings. The SMILES string of the molecule is C/C(=N/NC(=O)Cn1ccc(C(F)(F)F)n1)c1ccc(C2CCCCC2)cc1. The highest BCUT2D eigenvalue weighted by Crippen LogP contribution is 2.32. The van der Waals surface area contributed by atoms with Gasteiger partial charge in [0.15, 0.2) is 5.69 Å². The average molecular weight is 392 g/mol. The van der Waals surface area contributed by atoms with E-state index in [2.05, 4.69) is 27.8 Å². The van der Waals surface area contributed by atoms with Gasteiger partial charge in [0.1, 0.15) is 6.54 Å². The fraction of sp³-hybridized carbons (Fsp3) is 0.450. The Hall–Kier alpha value is -2.64. The van der Waals surface area contributed by atoms with Crippen LogP contribution in [0.4, 0.5) is 13.2 Å². The molecular weight excluding hydrogens is 369 g/mol. The van der Waals surface area contributed by atoms with Crippen LogP contribution in [0.3, 0.4) is 0 Å². The van der Waals surface area contributed by atoms with Gasteiger partial charge in [0.05, 0.1) is 5.71 Å². The molecule has 0 unspecified atom stereocenters. The summed E-state index contributed by atoms with van der Waals surface area (Å²) in [5.74, 6) is 0.0745. The topological polar surface area (TPSA) is 59.3 Å². The van der Waals surface area contributed by atoms with Crippen molar-refractivity contribution in [3.63, 3.8) is 0 Å². The van der Waals surface area contributed by atoms with Gasteiger partial charge in [-0.05, 0) is 42.9 Å². The third-order valence-electron chi connectivity index (χ3n) is 4.99. The molecule has 1 saturated carbocycles. The molecule has 0 bridgehead atoms. The van der Waals surface area contributed by atoms with Gasteiger partial charge in [0.25, 0.3) is 5.91 Å². The Morgan fingerprint density at radius 3 is 2.46 bits per heavy atom. The fourth-order valence-electron chi connectivity index (χ4n) is 3.43. The number of aromatic nitrogens is 2. The van der Waals surface area contributed by atoms with Crippen molar-refractivity contribution in [2.45, 2.75) is 57.7 Å². The van der Waals surface area contributed by atoms with Crippen LogP contribution in [0.15, 0.2) is 41.6 Å². The summed E-state index contributed by atoms with van der Waals surface area (Å²) in [6.45, 7) is 1.43. The maximum Gasteiger partial charge on any atom is 0.435 e. The predicted molar refractivity (Wildman–Crippen MR) is 99.9 cm³/mol. The summed E-state index contributed by atoms with van der Waals surface area (Å²) >= 11 is 0. The number of rotatable bonds is 5. The van der Waals surface area contributed by atoms with Crippen molar-refractivity contribution in [3.05, 3.63) is 53.3 Å². The molecule has 0 radical (unpaired) electrons. The molecule has 3 rings (SSSR count). The number of nitrogens with zero attached hydrogens (tertiary/aromatic N) is 3. The van der Waals surface area contributed by atoms with E-state index in [0.717, 1.165) is 22.5 Å². The average Bonchev–Trinajstić information content (AvgIpc) is 3.16. The first-order chi connectivity index (χ1) is 13.3. The molecule has 5 nitrogen and oxygen atoms in total. The molecule has 2 aromatic rings. The smallest absolute Gasteiger partial charge is 0.271 e. The zero-order chi connectivity index (χ0) is 20.1. The Labute approximate surface area is 161 Å². The maximum absolute atomic E-state index is 12.5. The Bertz CT molecular complexity index is 834. The van der Waals surface area contributed by atoms with Crippen molar-refractivity contribution in [2.75, 3.05) is 0 Å². The van der Waals surface area contributed by atoms with E-state index in [0.29, 0.717) is 11.6 Å². The normalized spacial score (nSPS) is 16.2. The molecular formula is C20H23F3N4O. The lowest BCUT2D eigenvalue weighted by Crippen LogP contribution is -2.24. The number of alkyl halides is 3. The number of amides is 1. The second-order valence-electron chi connectivity index (χ2n) is 7.09. The molecule has 0 saturated heterocycles. The fourth-order valence-corrected chi connectivity index (χ4v) is 3.43. The lowest BCUT2D eigenvalue weighted by molar-refractivity contribution is -0.141. The molecule has 8 heteroatoms. The van der Waals surface area contributed by atoms with E-state index in [1.165, 1.54) is 37.7 Å². The van der Waals surface area contributed by atoms with Crippen molar-refractivity contribution in [2.24, 2.45) is 5.10 Å². The van der Waals surface area contributed by atoms with E-state index < -0.39 is 17.8 Å². The number of hydrazone groups is 1. The van der Waals surface area contributed by atoms with Crippen LogP contribution in [0, 0.1) is 0 Å². The summed E-state index contributed by atoms with van der Waals surface area (Å²) in [5.41, 5.74) is 4.18. The summed E-state index contributed by atoms with van der Waals surface area (Å²) < 4.78 is 38.5. The highest BCUT2D eigenvalue weighted by Gasteiger charge is 2.33. The van der Waals surface area contributed by atoms with Crippen LogP contribution in [0.25, 0.3) is 0 Å². The quantitative estimate of drug-likeness (QED) is 0.602. The molecule has 1 amide bonds. The van der Waals surface area contributed by atoms with Crippen molar-refractivity contribution < 1.29 is 18.0 Å². The van der Waals surface area contributed by atoms with Crippen LogP contribution in [-0.4, -0.2) is 21.4 Å². The largest absolute Gasteiger partial charge is 0.435 e. The van der Waals surface area contributed by atoms with Crippen LogP contribution in [0.2, 0.25) is 0 Å². The summed E-state index contributed by atoms with van der Waals surface area (Å²) in [7, 11) is 0. The Morgan fingerprint density at radius 2 is 1.86 bits per heavy atom. The van der Waals surface area contributed by atoms with Gasteiger partial charge in [0.2, 0.25) is 0 Å². The molecule has 1 aliphatic carbocycles. The number of carbonyl (C=O) groups excluding carboxylic acids is 1. The van der Waals surface area contributed by atoms with Crippen LogP contribution in [0.1, 0.15) is 61.8 Å². The van der Waals surface area contributed by atoms with Crippen molar-refractivity contribution >= 4 is 11.6 Å². The molecule has 0 aliphatic heterocycles. The van der Waals surface area contributed by atoms with Gasteiger partial charge in [0, 0.05) is 6.20 Å². The molecule has 1 heterocycles. The zero-order valence-corrected chi connectivity index (χ0v) is 15.7. The summed E-state index contributed by atoms with van der Waals surface area (Å²) in [5, 5.41) is 7.39. The summed E-state index contributed by atoms with van der Waals surface area (Å²) in [6.07, 6.45) is 2.91. The van der Waals surface area contributed by atoms with Gasteiger partial charge >= 0.3 is 6.18 Å². The first kappa shape index (κ1) is 20.1. The van der Waals surface area contributed by atoms with E-state index in [9.17, 15) is 18.0 Å². The number of hydrogen-bond acceptors (Lipinski definition) is 3. The van der Waals surface area contributed by atoms with Gasteiger partial charge in [-0.2, -0.15) is 23.4 Å². The minimum atomic E-state index is -4.53. The molecule has 0 spiro atoms. The van der Waals surface area contributed by atoms with E-state index in [-0.39, 0.29) is 6.54 Å². The first-order valence-corrected chi connectivity index (χ1v) is 9.37. The van der Waals surface area contributed by atoms with E-state index in [4.69, 9.17) is 0 Å². The Balaban J connectivity index is 1.56. The summed E-state index contributed by atoms with van der Waals surface area (Å²) in [4.78, 5) is 11.9. The van der Waals surface area contributed by atoms with Crippen LogP contribution < -0.4 is 5.43 Å². The maximum atomic E-state index is 12.5. The lowest BCUT2D eigenvalue weighted by Gasteiger charge is -2.22. The minimum Gasteiger partial charge on any atom is -0.271 e. The standard InChI is InChI=1S/C20H23F3N4O/c1-14(15-7-9-17(10-8-15)16-5-3-2-4-6-16)24-25-19(28)13-27-12-11-18(26-27)20(21,22)23/h7-12,16H,2-6,13H2,1H3,(H,25,28)/b24-14-. The van der Waals surface area contributed by atoms with Gasteiger partial charge in [-0.3, -0.25) is 9.48 Å². The molecule has 0 atom stereocenters. The van der Waals surface area contributed by atoms with Gasteiger partial charge in [-0.1, -0.05) is 43.5 Å². The second kappa shape index (κ2) is 8.58. The second-order valence-corrected chi connectivity index (χ2v) is 7.09. The lowest BCUT2D eigenvalue weighted by atomic mass is 9.84. The zero-order valence-electron chi connectivity index (χ0n) is 15.7. The van der Waals surface area contributed by atoms with Gasteiger partial charge in [-0.25, -0.2) is 5.43 Å². The number of nitrogens with one attached hydrogen (secondary N) is 1. The minimum absolute atomic E-state index is 0.340. The van der Waals surface area contributed by atoms with Crippen LogP contribution >= 0.6 is 0 Å². The van der Waals surface area contributed by atoms with E-state index in [1.54, 1.807) is 6.92 Å². The Kier molecular flexibility index (Phi) is 6.16. The first-order valence-electron chi connectivity index (χ1n) is 9.37. The van der Waals surface area contributed by atoms with Crippen LogP contribution in [0.5, 0.6) is 0 Å². The molecule has 150 valence electrons. The third-order valence-corrected chi connectivity index (χ3v) is 4.99. The Morgan fingerprint density at radius 1 is 1.18 bits per heavy atom. The molecule has 1 aromatic carbocycles. The van der Waals surface area contributed by atoms with Crippen molar-refractivity contribution in [3.8, 4) is 0 Å². The van der Waals surface area contributed by atoms with E-state index in [1.807, 2.05) is 12.1 Å². The number of benzene rings is 1. The number of carbonyl (C=O) groups is 1. The number of halogens is 3. The molecule has 28 heavy (non-hydrogen) atoms. The molecule has 1 fully saturated rings. The number of hydrogen-bond donors (Lipinski definition) is 1. The predicted octanol–water partition coefficient (Wildman–Crippen LogP) is 4.49. The summed E-state index contributed by atoms with van der Waals surface area (Å²) in [6, 6.07) is 9.01. The molecule has 1 N–H and O–H groups in total. The van der Waals surface area contributed by atoms with Gasteiger partial charge in [-0.15, -0.1) is 0 Å². The monoisotopic (exact) mass is 392 g/mol. The van der Waals surface area contributed by atoms with Crippen molar-refractivity contribution in [1.82, 2.24) is 15.2 Å². The highest BCUT2D eigenvalue weighted by molar-refractivity contribution is 5.99. The van der Waals surface area contributed by atoms with E-state index >= 15 is 0 Å². The third kappa shape index (κ3) is 5.21. The molecule has 1 aromatic heterocycles.